The summed E-state index contributed by atoms with van der Waals surface area (Å²) < 4.78 is 8.56. The molecule has 1 N–H and O–H groups in total. The SMILES string of the molecule is COc1ccc(Cl)cc1-c1nn(CC(=O)N2CCC(C)C2)cc1NC(=O)c1cnn2cccnc12. The monoisotopic (exact) mass is 493 g/mol. The molecule has 4 aromatic rings. The standard InChI is InChI=1S/C24H24ClN7O3/c1-15-6-9-30(12-15)21(33)14-31-13-19(22(29-31)17-10-16(25)4-5-20(17)35-2)28-24(34)18-11-27-32-8-3-7-26-23(18)32/h3-5,7-8,10-11,13,15H,6,9,12,14H2,1-2H3,(H,28,34). The zero-order valence-corrected chi connectivity index (χ0v) is 20.1. The zero-order valence-electron chi connectivity index (χ0n) is 19.3. The number of benzene rings is 1. The maximum Gasteiger partial charge on any atom is 0.261 e. The number of ether oxygens (including phenoxy) is 1. The molecule has 1 fully saturated rings. The van der Waals surface area contributed by atoms with Crippen molar-refractivity contribution in [3.8, 4) is 17.0 Å². The lowest BCUT2D eigenvalue weighted by Gasteiger charge is -2.15. The van der Waals surface area contributed by atoms with E-state index in [1.165, 1.54) is 15.4 Å². The van der Waals surface area contributed by atoms with Crippen molar-refractivity contribution in [2.75, 3.05) is 25.5 Å². The molecule has 0 bridgehead atoms. The largest absolute Gasteiger partial charge is 0.496 e. The van der Waals surface area contributed by atoms with E-state index in [4.69, 9.17) is 16.3 Å². The van der Waals surface area contributed by atoms with Gasteiger partial charge in [-0.25, -0.2) is 9.50 Å². The number of methoxy groups -OCH3 is 1. The van der Waals surface area contributed by atoms with Crippen molar-refractivity contribution in [1.82, 2.24) is 29.3 Å². The van der Waals surface area contributed by atoms with E-state index in [1.54, 1.807) is 50.0 Å². The third-order valence-electron chi connectivity index (χ3n) is 6.02. The first kappa shape index (κ1) is 22.9. The van der Waals surface area contributed by atoms with Gasteiger partial charge in [0, 0.05) is 42.3 Å². The van der Waals surface area contributed by atoms with Crippen LogP contribution < -0.4 is 10.1 Å². The van der Waals surface area contributed by atoms with Crippen molar-refractivity contribution in [3.05, 3.63) is 59.6 Å². The van der Waals surface area contributed by atoms with Crippen molar-refractivity contribution in [2.24, 2.45) is 5.92 Å². The lowest BCUT2D eigenvalue weighted by atomic mass is 10.1. The number of fused-ring (bicyclic) bond motifs is 1. The molecule has 1 aromatic carbocycles. The summed E-state index contributed by atoms with van der Waals surface area (Å²) >= 11 is 6.26. The molecule has 1 unspecified atom stereocenters. The van der Waals surface area contributed by atoms with Crippen molar-refractivity contribution >= 4 is 34.7 Å². The lowest BCUT2D eigenvalue weighted by Crippen LogP contribution is -2.31. The second kappa shape index (κ2) is 9.38. The quantitative estimate of drug-likeness (QED) is 0.441. The summed E-state index contributed by atoms with van der Waals surface area (Å²) in [4.78, 5) is 32.2. The fourth-order valence-corrected chi connectivity index (χ4v) is 4.41. The minimum atomic E-state index is -0.403. The summed E-state index contributed by atoms with van der Waals surface area (Å²) in [5.41, 5.74) is 2.18. The Morgan fingerprint density at radius 2 is 2.17 bits per heavy atom. The van der Waals surface area contributed by atoms with Gasteiger partial charge in [-0.05, 0) is 36.6 Å². The molecule has 0 saturated carbocycles. The Balaban J connectivity index is 1.50. The number of amides is 2. The van der Waals surface area contributed by atoms with Crippen LogP contribution in [0.25, 0.3) is 16.9 Å². The lowest BCUT2D eigenvalue weighted by molar-refractivity contribution is -0.131. The predicted molar refractivity (Wildman–Crippen MR) is 131 cm³/mol. The molecular weight excluding hydrogens is 470 g/mol. The Labute approximate surface area is 206 Å². The highest BCUT2D eigenvalue weighted by atomic mass is 35.5. The van der Waals surface area contributed by atoms with E-state index in [0.29, 0.717) is 44.8 Å². The summed E-state index contributed by atoms with van der Waals surface area (Å²) in [5, 5.41) is 12.2. The molecule has 2 amide bonds. The van der Waals surface area contributed by atoms with Gasteiger partial charge in [0.2, 0.25) is 5.91 Å². The molecule has 1 saturated heterocycles. The first-order chi connectivity index (χ1) is 16.9. The topological polar surface area (TPSA) is 107 Å². The minimum Gasteiger partial charge on any atom is -0.496 e. The molecule has 0 spiro atoms. The first-order valence-corrected chi connectivity index (χ1v) is 11.6. The molecule has 4 heterocycles. The summed E-state index contributed by atoms with van der Waals surface area (Å²) in [6.45, 7) is 3.66. The maximum absolute atomic E-state index is 13.2. The average molecular weight is 494 g/mol. The number of nitrogens with one attached hydrogen (secondary N) is 1. The van der Waals surface area contributed by atoms with E-state index >= 15 is 0 Å². The van der Waals surface area contributed by atoms with Crippen molar-refractivity contribution in [3.63, 3.8) is 0 Å². The number of hydrogen-bond acceptors (Lipinski definition) is 6. The van der Waals surface area contributed by atoms with Gasteiger partial charge in [-0.1, -0.05) is 18.5 Å². The third kappa shape index (κ3) is 4.57. The number of carbonyl (C=O) groups is 2. The minimum absolute atomic E-state index is 0.0221. The number of rotatable bonds is 6. The molecule has 10 nitrogen and oxygen atoms in total. The maximum atomic E-state index is 13.2. The van der Waals surface area contributed by atoms with Gasteiger partial charge in [0.25, 0.3) is 5.91 Å². The number of carbonyl (C=O) groups excluding carboxylic acids is 2. The Morgan fingerprint density at radius 3 is 2.94 bits per heavy atom. The van der Waals surface area contributed by atoms with E-state index in [-0.39, 0.29) is 12.5 Å². The van der Waals surface area contributed by atoms with Crippen LogP contribution in [-0.2, 0) is 11.3 Å². The molecule has 1 atom stereocenters. The van der Waals surface area contributed by atoms with E-state index < -0.39 is 5.91 Å². The number of aromatic nitrogens is 5. The molecule has 1 aliphatic rings. The van der Waals surface area contributed by atoms with Crippen molar-refractivity contribution in [1.29, 1.82) is 0 Å². The van der Waals surface area contributed by atoms with Crippen LogP contribution in [0.2, 0.25) is 5.02 Å². The first-order valence-electron chi connectivity index (χ1n) is 11.2. The number of likely N-dealkylation sites (tertiary alicyclic amines) is 1. The Hall–Kier alpha value is -3.92. The van der Waals surface area contributed by atoms with Gasteiger partial charge in [0.1, 0.15) is 23.6 Å². The molecule has 3 aromatic heterocycles. The van der Waals surface area contributed by atoms with Gasteiger partial charge < -0.3 is 15.0 Å². The molecule has 11 heteroatoms. The van der Waals surface area contributed by atoms with Crippen LogP contribution in [0.5, 0.6) is 5.75 Å². The van der Waals surface area contributed by atoms with E-state index in [0.717, 1.165) is 19.5 Å². The van der Waals surface area contributed by atoms with Crippen LogP contribution in [0.3, 0.4) is 0 Å². The zero-order chi connectivity index (χ0) is 24.5. The van der Waals surface area contributed by atoms with Crippen LogP contribution in [-0.4, -0.2) is 61.3 Å². The van der Waals surface area contributed by atoms with Gasteiger partial charge in [-0.2, -0.15) is 10.2 Å². The predicted octanol–water partition coefficient (Wildman–Crippen LogP) is 3.38. The summed E-state index contributed by atoms with van der Waals surface area (Å²) in [5.74, 6) is 0.594. The molecule has 0 aliphatic carbocycles. The van der Waals surface area contributed by atoms with Crippen molar-refractivity contribution < 1.29 is 14.3 Å². The van der Waals surface area contributed by atoms with Crippen LogP contribution >= 0.6 is 11.6 Å². The second-order valence-corrected chi connectivity index (χ2v) is 9.00. The highest BCUT2D eigenvalue weighted by molar-refractivity contribution is 6.31. The average Bonchev–Trinajstić information content (AvgIpc) is 3.57. The summed E-state index contributed by atoms with van der Waals surface area (Å²) in [6, 6.07) is 6.88. The van der Waals surface area contributed by atoms with E-state index in [1.807, 2.05) is 4.90 Å². The normalized spacial score (nSPS) is 15.5. The Bertz CT molecular complexity index is 1410. The molecule has 1 aliphatic heterocycles. The molecule has 5 rings (SSSR count). The number of anilines is 1. The van der Waals surface area contributed by atoms with Crippen LogP contribution in [0.1, 0.15) is 23.7 Å². The Morgan fingerprint density at radius 1 is 1.31 bits per heavy atom. The fraction of sp³-hybridized carbons (Fsp3) is 0.292. The van der Waals surface area contributed by atoms with Gasteiger partial charge in [-0.3, -0.25) is 14.3 Å². The van der Waals surface area contributed by atoms with Crippen LogP contribution in [0.4, 0.5) is 5.69 Å². The molecule has 35 heavy (non-hydrogen) atoms. The van der Waals surface area contributed by atoms with Gasteiger partial charge >= 0.3 is 0 Å². The van der Waals surface area contributed by atoms with Gasteiger partial charge in [-0.15, -0.1) is 0 Å². The van der Waals surface area contributed by atoms with E-state index in [9.17, 15) is 9.59 Å². The number of halogens is 1. The summed E-state index contributed by atoms with van der Waals surface area (Å²) in [6.07, 6.45) is 7.40. The fourth-order valence-electron chi connectivity index (χ4n) is 4.24. The smallest absolute Gasteiger partial charge is 0.261 e. The second-order valence-electron chi connectivity index (χ2n) is 8.57. The van der Waals surface area contributed by atoms with Crippen molar-refractivity contribution in [2.45, 2.75) is 19.9 Å². The Kier molecular flexibility index (Phi) is 6.12. The highest BCUT2D eigenvalue weighted by Gasteiger charge is 2.25. The number of hydrogen-bond donors (Lipinski definition) is 1. The van der Waals surface area contributed by atoms with Gasteiger partial charge in [0.05, 0.1) is 19.0 Å². The van der Waals surface area contributed by atoms with Gasteiger partial charge in [0.15, 0.2) is 5.65 Å². The third-order valence-corrected chi connectivity index (χ3v) is 6.26. The highest BCUT2D eigenvalue weighted by Crippen LogP contribution is 2.36. The molecular formula is C24H24ClN7O3. The van der Waals surface area contributed by atoms with Crippen LogP contribution in [0, 0.1) is 5.92 Å². The number of nitrogens with zero attached hydrogens (tertiary/aromatic N) is 6. The molecule has 0 radical (unpaired) electrons. The summed E-state index contributed by atoms with van der Waals surface area (Å²) in [7, 11) is 1.55. The van der Waals surface area contributed by atoms with E-state index in [2.05, 4.69) is 27.4 Å². The molecule has 180 valence electrons. The van der Waals surface area contributed by atoms with Crippen LogP contribution in [0.15, 0.2) is 49.1 Å².